The third-order valence-electron chi connectivity index (χ3n) is 4.57. The van der Waals surface area contributed by atoms with Crippen molar-refractivity contribution in [2.24, 2.45) is 0 Å². The second-order valence-corrected chi connectivity index (χ2v) is 6.28. The molecule has 2 aromatic rings. The van der Waals surface area contributed by atoms with E-state index in [1.807, 2.05) is 6.20 Å². The number of fused-ring (bicyclic) bond motifs is 2. The predicted molar refractivity (Wildman–Crippen MR) is 85.5 cm³/mol. The van der Waals surface area contributed by atoms with Gasteiger partial charge in [-0.05, 0) is 12.5 Å². The molecule has 0 atom stereocenters. The molecule has 0 aliphatic carbocycles. The lowest BCUT2D eigenvalue weighted by molar-refractivity contribution is -0.126. The lowest BCUT2D eigenvalue weighted by Crippen LogP contribution is -2.61. The van der Waals surface area contributed by atoms with Crippen LogP contribution >= 0.6 is 0 Å². The zero-order chi connectivity index (χ0) is 16.7. The SMILES string of the molecule is CCCc1ncc2c(n1)COC21CN(C(=O)c2cc[nH]c(=O)c2)C1. The number of hydrogen-bond acceptors (Lipinski definition) is 5. The maximum atomic E-state index is 12.5. The van der Waals surface area contributed by atoms with E-state index in [0.717, 1.165) is 29.9 Å². The number of aromatic amines is 1. The molecule has 0 saturated carbocycles. The zero-order valence-electron chi connectivity index (χ0n) is 13.4. The molecule has 0 radical (unpaired) electrons. The van der Waals surface area contributed by atoms with E-state index < -0.39 is 5.60 Å². The molecule has 1 fully saturated rings. The van der Waals surface area contributed by atoms with Gasteiger partial charge >= 0.3 is 0 Å². The minimum atomic E-state index is -0.489. The molecule has 1 N–H and O–H groups in total. The van der Waals surface area contributed by atoms with Crippen molar-refractivity contribution in [3.05, 3.63) is 57.5 Å². The van der Waals surface area contributed by atoms with Crippen LogP contribution in [0, 0.1) is 0 Å². The summed E-state index contributed by atoms with van der Waals surface area (Å²) in [5.41, 5.74) is 1.53. The maximum Gasteiger partial charge on any atom is 0.254 e. The van der Waals surface area contributed by atoms with Crippen LogP contribution < -0.4 is 5.56 Å². The number of likely N-dealkylation sites (tertiary alicyclic amines) is 1. The molecule has 0 unspecified atom stereocenters. The van der Waals surface area contributed by atoms with Crippen molar-refractivity contribution >= 4 is 5.91 Å². The second kappa shape index (κ2) is 5.52. The van der Waals surface area contributed by atoms with E-state index >= 15 is 0 Å². The van der Waals surface area contributed by atoms with Gasteiger partial charge in [0.25, 0.3) is 5.91 Å². The highest BCUT2D eigenvalue weighted by atomic mass is 16.5. The Balaban J connectivity index is 1.52. The van der Waals surface area contributed by atoms with Crippen molar-refractivity contribution in [2.45, 2.75) is 32.0 Å². The summed E-state index contributed by atoms with van der Waals surface area (Å²) in [5.74, 6) is 0.681. The summed E-state index contributed by atoms with van der Waals surface area (Å²) < 4.78 is 5.96. The molecule has 1 spiro atoms. The summed E-state index contributed by atoms with van der Waals surface area (Å²) in [6.07, 6.45) is 5.18. The average molecular weight is 326 g/mol. The maximum absolute atomic E-state index is 12.5. The number of aryl methyl sites for hydroxylation is 1. The number of hydrogen-bond donors (Lipinski definition) is 1. The van der Waals surface area contributed by atoms with Gasteiger partial charge in [0.05, 0.1) is 25.4 Å². The molecule has 0 bridgehead atoms. The molecule has 1 amide bonds. The normalized spacial score (nSPS) is 17.6. The van der Waals surface area contributed by atoms with Gasteiger partial charge in [-0.3, -0.25) is 9.59 Å². The van der Waals surface area contributed by atoms with Crippen molar-refractivity contribution in [1.29, 1.82) is 0 Å². The van der Waals surface area contributed by atoms with Gasteiger partial charge in [0.1, 0.15) is 11.4 Å². The van der Waals surface area contributed by atoms with Crippen LogP contribution in [0.4, 0.5) is 0 Å². The Hall–Kier alpha value is -2.54. The van der Waals surface area contributed by atoms with Gasteiger partial charge in [-0.15, -0.1) is 0 Å². The highest BCUT2D eigenvalue weighted by Gasteiger charge is 2.52. The first-order valence-corrected chi connectivity index (χ1v) is 8.08. The summed E-state index contributed by atoms with van der Waals surface area (Å²) in [7, 11) is 0. The fraction of sp³-hybridized carbons (Fsp3) is 0.412. The fourth-order valence-corrected chi connectivity index (χ4v) is 3.31. The average Bonchev–Trinajstić information content (AvgIpc) is 2.92. The van der Waals surface area contributed by atoms with E-state index in [0.29, 0.717) is 25.3 Å². The molecule has 0 aromatic carbocycles. The lowest BCUT2D eigenvalue weighted by atomic mass is 9.87. The summed E-state index contributed by atoms with van der Waals surface area (Å²) in [4.78, 5) is 37.0. The number of carbonyl (C=O) groups is 1. The van der Waals surface area contributed by atoms with Gasteiger partial charge in [0.15, 0.2) is 0 Å². The molecule has 124 valence electrons. The van der Waals surface area contributed by atoms with Crippen LogP contribution in [0.1, 0.15) is 40.8 Å². The predicted octanol–water partition coefficient (Wildman–Crippen LogP) is 0.999. The molecule has 2 aliphatic heterocycles. The van der Waals surface area contributed by atoms with Gasteiger partial charge in [0.2, 0.25) is 5.56 Å². The van der Waals surface area contributed by atoms with Gasteiger partial charge in [-0.2, -0.15) is 0 Å². The first kappa shape index (κ1) is 15.0. The second-order valence-electron chi connectivity index (χ2n) is 6.28. The quantitative estimate of drug-likeness (QED) is 0.909. The van der Waals surface area contributed by atoms with Crippen molar-refractivity contribution in [2.75, 3.05) is 13.1 Å². The van der Waals surface area contributed by atoms with Crippen molar-refractivity contribution in [3.63, 3.8) is 0 Å². The summed E-state index contributed by atoms with van der Waals surface area (Å²) in [6, 6.07) is 2.93. The van der Waals surface area contributed by atoms with Crippen LogP contribution in [0.25, 0.3) is 0 Å². The molecule has 2 aromatic heterocycles. The Morgan fingerprint density at radius 1 is 1.46 bits per heavy atom. The molecule has 24 heavy (non-hydrogen) atoms. The van der Waals surface area contributed by atoms with Gasteiger partial charge < -0.3 is 14.6 Å². The molecule has 7 heteroatoms. The van der Waals surface area contributed by atoms with Crippen molar-refractivity contribution in [3.8, 4) is 0 Å². The van der Waals surface area contributed by atoms with Crippen LogP contribution in [0.5, 0.6) is 0 Å². The molecular weight excluding hydrogens is 308 g/mol. The van der Waals surface area contributed by atoms with Crippen molar-refractivity contribution in [1.82, 2.24) is 19.9 Å². The minimum absolute atomic E-state index is 0.160. The summed E-state index contributed by atoms with van der Waals surface area (Å²) >= 11 is 0. The number of H-pyrrole nitrogens is 1. The molecule has 4 rings (SSSR count). The summed E-state index contributed by atoms with van der Waals surface area (Å²) in [5, 5.41) is 0. The number of pyridine rings is 1. The van der Waals surface area contributed by atoms with E-state index in [4.69, 9.17) is 4.74 Å². The monoisotopic (exact) mass is 326 g/mol. The van der Waals surface area contributed by atoms with Crippen LogP contribution in [0.15, 0.2) is 29.3 Å². The van der Waals surface area contributed by atoms with Gasteiger partial charge in [-0.25, -0.2) is 9.97 Å². The summed E-state index contributed by atoms with van der Waals surface area (Å²) in [6.45, 7) is 3.48. The smallest absolute Gasteiger partial charge is 0.254 e. The fourth-order valence-electron chi connectivity index (χ4n) is 3.31. The Labute approximate surface area is 138 Å². The highest BCUT2D eigenvalue weighted by molar-refractivity contribution is 5.94. The Morgan fingerprint density at radius 2 is 2.29 bits per heavy atom. The van der Waals surface area contributed by atoms with Crippen LogP contribution in [0.2, 0.25) is 0 Å². The Bertz CT molecular complexity index is 855. The Kier molecular flexibility index (Phi) is 3.45. The standard InChI is InChI=1S/C17H18N4O3/c1-2-3-14-19-7-12-13(20-14)8-24-17(12)9-21(10-17)16(23)11-4-5-18-15(22)6-11/h4-7H,2-3,8-10H2,1H3,(H,18,22). The van der Waals surface area contributed by atoms with Crippen LogP contribution in [0.3, 0.4) is 0 Å². The Morgan fingerprint density at radius 3 is 3.04 bits per heavy atom. The molecule has 1 saturated heterocycles. The number of amides is 1. The topological polar surface area (TPSA) is 88.2 Å². The van der Waals surface area contributed by atoms with E-state index in [1.54, 1.807) is 11.0 Å². The highest BCUT2D eigenvalue weighted by Crippen LogP contribution is 2.42. The number of nitrogens with one attached hydrogen (secondary N) is 1. The lowest BCUT2D eigenvalue weighted by Gasteiger charge is -2.47. The van der Waals surface area contributed by atoms with Crippen LogP contribution in [-0.4, -0.2) is 38.8 Å². The van der Waals surface area contributed by atoms with E-state index in [-0.39, 0.29) is 11.5 Å². The largest absolute Gasteiger partial charge is 0.360 e. The molecule has 2 aliphatic rings. The van der Waals surface area contributed by atoms with Gasteiger partial charge in [-0.1, -0.05) is 6.92 Å². The first-order valence-electron chi connectivity index (χ1n) is 8.08. The third-order valence-corrected chi connectivity index (χ3v) is 4.57. The molecular formula is C17H18N4O3. The first-order chi connectivity index (χ1) is 11.6. The van der Waals surface area contributed by atoms with Gasteiger partial charge in [0, 0.05) is 36.0 Å². The zero-order valence-corrected chi connectivity index (χ0v) is 13.4. The van der Waals surface area contributed by atoms with E-state index in [2.05, 4.69) is 21.9 Å². The van der Waals surface area contributed by atoms with Crippen LogP contribution in [-0.2, 0) is 23.4 Å². The third kappa shape index (κ3) is 2.32. The number of nitrogens with zero attached hydrogens (tertiary/aromatic N) is 3. The molecule has 4 heterocycles. The van der Waals surface area contributed by atoms with E-state index in [1.165, 1.54) is 12.3 Å². The minimum Gasteiger partial charge on any atom is -0.360 e. The number of aromatic nitrogens is 3. The number of carbonyl (C=O) groups excluding carboxylic acids is 1. The molecule has 7 nitrogen and oxygen atoms in total. The number of rotatable bonds is 3. The van der Waals surface area contributed by atoms with Crippen molar-refractivity contribution < 1.29 is 9.53 Å². The number of ether oxygens (including phenoxy) is 1. The van der Waals surface area contributed by atoms with E-state index in [9.17, 15) is 9.59 Å².